The number of Topliss-reactive ketones (excluding diaryl/α,β-unsaturated/α-hetero) is 1. The summed E-state index contributed by atoms with van der Waals surface area (Å²) in [5.74, 6) is -1.79. The average Bonchev–Trinajstić information content (AvgIpc) is 0.743. The van der Waals surface area contributed by atoms with Crippen molar-refractivity contribution >= 4 is 255 Å². The molecule has 6 N–H and O–H groups in total. The second-order valence-corrected chi connectivity index (χ2v) is 50.5. The number of methoxy groups -OCH3 is 2. The van der Waals surface area contributed by atoms with Crippen LogP contribution in [0.25, 0.3) is 0 Å². The lowest BCUT2D eigenvalue weighted by Gasteiger charge is -2.33. The van der Waals surface area contributed by atoms with Gasteiger partial charge in [0.05, 0.1) is 69.2 Å². The number of benzene rings is 2. The number of rotatable bonds is 6. The third-order valence-electron chi connectivity index (χ3n) is 11.2. The number of nitrogens with zero attached hydrogens (tertiary/aromatic N) is 4. The molecule has 0 spiro atoms. The zero-order valence-electron chi connectivity index (χ0n) is 54.3. The Kier molecular flexibility index (Phi) is 30.7. The number of nitrogens with two attached hydrogens (primary N) is 2. The SMILES string of the molecule is COC(=O)C1=C(C)NC(N)=C(C#N)C1c1cccc([N+](=O)[O-])c1.COC(=O)C1=C(C)Nc2nc3c(c(N)c2C1c1cccc([N+](=O)[O-])c1)CCCC3Cl.O=C1CCCCC1Cl.S=S=S=S=S=S=S=S=S=S=S=S=S=S=S=S=S=S=S=S=S.[2HH].[2H][2H].[2H][2H].[2H][2H].[2H][2H].[2H][2H].[2H][2H]. The van der Waals surface area contributed by atoms with Crippen molar-refractivity contribution in [3.8, 4) is 6.07 Å². The van der Waals surface area contributed by atoms with Crippen LogP contribution in [0.2, 0.25) is 0 Å². The van der Waals surface area contributed by atoms with Gasteiger partial charge in [0.2, 0.25) is 0 Å². The molecule has 2 aliphatic heterocycles. The number of hydrogen-bond acceptors (Lipinski definition) is 17. The first-order valence-corrected chi connectivity index (χ1v) is 50.0. The van der Waals surface area contributed by atoms with E-state index in [9.17, 15) is 39.9 Å². The summed E-state index contributed by atoms with van der Waals surface area (Å²) in [5.41, 5.74) is 17.6. The molecule has 4 aliphatic rings. The van der Waals surface area contributed by atoms with Gasteiger partial charge in [-0.3, -0.25) is 25.0 Å². The highest BCUT2D eigenvalue weighted by molar-refractivity contribution is 8.78. The lowest BCUT2D eigenvalue weighted by Crippen LogP contribution is -2.32. The molecule has 0 bridgehead atoms. The standard InChI is InChI=1S/C21H21ClN4O4.C15H14N4O4.C6H9ClO.S21.7H2/c1-10-15(21(27)30-2)16(11-5-3-6-12(9-11)26(28)29)17-18(23)13-7-4-8-14(22)19(13)25-20(17)24-10;1-8-12(15(20)23-2)13(11(7-16)14(17)18-8)9-4-3-5-10(6-9)19(21)22;7-5-3-1-2-4-6(5)8;1-3-5-7-9-11-13-15-17-19-21-20-18-16-14-12-10-8-6-4-2;;;;;;;/h3,5-6,9,14,16H,4,7-8H2,1-2H3,(H3,23,24,25);3-6,13,18H,17H2,1-2H3;5H,1-4H2;;7*1H/i;;;;6*1+1D;1+1. The fraction of sp³-hybridized carbons (Fsp3) is 0.357. The van der Waals surface area contributed by atoms with Gasteiger partial charge >= 0.3 is 11.9 Å². The number of dihydropyridines is 1. The molecule has 460 valence electrons. The summed E-state index contributed by atoms with van der Waals surface area (Å²) in [6, 6.07) is 13.9. The highest BCUT2D eigenvalue weighted by Crippen LogP contribution is 2.49. The van der Waals surface area contributed by atoms with Crippen molar-refractivity contribution in [2.75, 3.05) is 25.3 Å². The lowest BCUT2D eigenvalue weighted by atomic mass is 9.79. The van der Waals surface area contributed by atoms with Crippen molar-refractivity contribution < 1.29 is 52.9 Å². The number of alkyl halides is 2. The van der Waals surface area contributed by atoms with Gasteiger partial charge in [-0.15, -0.1) is 23.2 Å². The minimum Gasteiger partial charge on any atom is -0.466 e. The number of hydrogen-bond donors (Lipinski definition) is 4. The van der Waals surface area contributed by atoms with Gasteiger partial charge in [0, 0.05) is 270 Å². The number of nitro groups is 2. The van der Waals surface area contributed by atoms with Crippen LogP contribution < -0.4 is 22.1 Å². The van der Waals surface area contributed by atoms with E-state index in [-0.39, 0.29) is 46.3 Å². The van der Waals surface area contributed by atoms with E-state index < -0.39 is 33.6 Å². The normalized spacial score (nSPS) is 17.7. The van der Waals surface area contributed by atoms with Gasteiger partial charge in [-0.1, -0.05) is 30.7 Å². The maximum atomic E-state index is 12.7. The number of ketones is 1. The summed E-state index contributed by atoms with van der Waals surface area (Å²) >= 11 is 21.6. The number of nitro benzene ring substituents is 2. The summed E-state index contributed by atoms with van der Waals surface area (Å²) in [4.78, 5) is 61.6. The van der Waals surface area contributed by atoms with E-state index in [2.05, 4.69) is 10.6 Å². The minimum atomic E-state index is -0.825. The van der Waals surface area contributed by atoms with E-state index in [1.165, 1.54) is 62.3 Å². The summed E-state index contributed by atoms with van der Waals surface area (Å²) < 4.78 is 69.8. The number of anilines is 2. The zero-order chi connectivity index (χ0) is 72.1. The first-order valence-electron chi connectivity index (χ1n) is 28.5. The molecule has 2 aromatic carbocycles. The van der Waals surface area contributed by atoms with Crippen molar-refractivity contribution in [2.24, 2.45) is 5.73 Å². The number of aromatic nitrogens is 1. The molecule has 1 aromatic heterocycles. The first kappa shape index (κ1) is 63.1. The molecule has 1 saturated carbocycles. The molecule has 3 aromatic rings. The van der Waals surface area contributed by atoms with E-state index in [1.807, 2.05) is 6.07 Å². The Labute approximate surface area is 565 Å². The van der Waals surface area contributed by atoms with Crippen LogP contribution in [0.3, 0.4) is 0 Å². The molecule has 2 aliphatic carbocycles. The molecule has 4 unspecified atom stereocenters. The lowest BCUT2D eigenvalue weighted by molar-refractivity contribution is -0.385. The van der Waals surface area contributed by atoms with Crippen molar-refractivity contribution in [2.45, 2.75) is 81.4 Å². The van der Waals surface area contributed by atoms with E-state index in [0.29, 0.717) is 51.6 Å². The van der Waals surface area contributed by atoms with Gasteiger partial charge in [0.25, 0.3) is 11.4 Å². The molecule has 82 heavy (non-hydrogen) atoms. The smallest absolute Gasteiger partial charge is 0.336 e. The van der Waals surface area contributed by atoms with Crippen LogP contribution >= 0.6 is 23.2 Å². The molecule has 1 fully saturated rings. The molecule has 0 radical (unpaired) electrons. The van der Waals surface area contributed by atoms with Gasteiger partial charge < -0.3 is 31.6 Å². The molecular weight excluding hydrogens is 1500 g/mol. The molecule has 4 atom stereocenters. The Morgan fingerprint density at radius 3 is 1.56 bits per heavy atom. The minimum absolute atomic E-state index is 0. The molecular formula is C42H58Cl2N8O9S21. The predicted molar refractivity (Wildman–Crippen MR) is 397 cm³/mol. The number of allylic oxidation sites excluding steroid dienone is 3. The van der Waals surface area contributed by atoms with E-state index in [0.717, 1.165) is 49.8 Å². The largest absolute Gasteiger partial charge is 0.466 e. The number of carbonyl (C=O) groups excluding carboxylic acids is 3. The van der Waals surface area contributed by atoms with Crippen LogP contribution in [-0.4, -0.2) is 52.1 Å². The van der Waals surface area contributed by atoms with Gasteiger partial charge in [-0.25, -0.2) is 14.6 Å². The fourth-order valence-electron chi connectivity index (χ4n) is 7.96. The number of nitrogens with one attached hydrogen (secondary N) is 2. The van der Waals surface area contributed by atoms with Crippen LogP contribution in [-0.2, 0) is 221 Å². The maximum Gasteiger partial charge on any atom is 0.336 e. The van der Waals surface area contributed by atoms with Crippen molar-refractivity contribution in [3.63, 3.8) is 0 Å². The number of carbonyl (C=O) groups is 3. The van der Waals surface area contributed by atoms with Crippen LogP contribution in [0.5, 0.6) is 0 Å². The topological polar surface area (TPSA) is 269 Å². The van der Waals surface area contributed by atoms with Crippen LogP contribution in [0.4, 0.5) is 22.9 Å². The molecule has 3 heterocycles. The van der Waals surface area contributed by atoms with Crippen molar-refractivity contribution in [1.82, 2.24) is 10.3 Å². The summed E-state index contributed by atoms with van der Waals surface area (Å²) in [7, 11) is 35.2. The Balaban J connectivity index is -0.000000577. The van der Waals surface area contributed by atoms with E-state index in [4.69, 9.17) is 89.3 Å². The average molecular weight is 1580 g/mol. The molecule has 40 heteroatoms. The third-order valence-corrected chi connectivity index (χ3v) is 52.1. The Bertz CT molecular complexity index is 4070. The predicted octanol–water partition coefficient (Wildman–Crippen LogP) is 9.02. The molecule has 0 amide bonds. The number of esters is 2. The highest BCUT2D eigenvalue weighted by Gasteiger charge is 2.39. The number of nitrogen functional groups attached to an aromatic ring is 1. The number of pyridine rings is 1. The Morgan fingerprint density at radius 2 is 1.15 bits per heavy atom. The van der Waals surface area contributed by atoms with Gasteiger partial charge in [0.15, 0.2) is 5.78 Å². The second kappa shape index (κ2) is 39.8. The number of ether oxygens (including phenoxy) is 2. The van der Waals surface area contributed by atoms with Crippen LogP contribution in [0.15, 0.2) is 82.5 Å². The Morgan fingerprint density at radius 1 is 0.707 bits per heavy atom. The first-order chi connectivity index (χ1) is 45.4. The van der Waals surface area contributed by atoms with Crippen molar-refractivity contribution in [1.29, 1.82) is 5.26 Å². The van der Waals surface area contributed by atoms with E-state index in [1.54, 1.807) is 183 Å². The number of nitriles is 1. The number of non-ortho nitro benzene ring substituents is 2. The zero-order valence-corrected chi connectivity index (χ0v) is 61.0. The summed E-state index contributed by atoms with van der Waals surface area (Å²) in [5, 5.41) is 37.3. The van der Waals surface area contributed by atoms with Gasteiger partial charge in [0.1, 0.15) is 11.6 Å². The molecule has 0 saturated heterocycles. The Hall–Kier alpha value is -1.89. The van der Waals surface area contributed by atoms with Crippen LogP contribution in [0, 0.1) is 31.6 Å². The fourth-order valence-corrected chi connectivity index (χ4v) is 55.2. The van der Waals surface area contributed by atoms with E-state index >= 15 is 0 Å². The molecule has 17 nitrogen and oxygen atoms in total. The van der Waals surface area contributed by atoms with Crippen molar-refractivity contribution in [3.05, 3.63) is 131 Å². The van der Waals surface area contributed by atoms with Gasteiger partial charge in [-0.2, -0.15) is 5.26 Å². The monoisotopic (exact) mass is 1570 g/mol. The van der Waals surface area contributed by atoms with Gasteiger partial charge in [-0.05, 0) is 62.6 Å². The number of halogens is 2. The maximum absolute atomic E-state index is 12.7. The number of fused-ring (bicyclic) bond motifs is 2. The summed E-state index contributed by atoms with van der Waals surface area (Å²) in [6.45, 7) is 3.37. The second-order valence-electron chi connectivity index (χ2n) is 15.8. The highest BCUT2D eigenvalue weighted by atomic mass is 35.5. The quantitative estimate of drug-likeness (QED) is 0.0776. The van der Waals surface area contributed by atoms with Crippen LogP contribution in [0.1, 0.15) is 117 Å². The molecule has 7 rings (SSSR count). The summed E-state index contributed by atoms with van der Waals surface area (Å²) in [6.07, 6.45) is 6.20. The third kappa shape index (κ3) is 22.7.